The Morgan fingerprint density at radius 1 is 1.54 bits per heavy atom. The molecule has 2 rings (SSSR count). The number of benzene rings is 1. The summed E-state index contributed by atoms with van der Waals surface area (Å²) in [5.74, 6) is 0. The van der Waals surface area contributed by atoms with Crippen molar-refractivity contribution in [3.63, 3.8) is 0 Å². The predicted octanol–water partition coefficient (Wildman–Crippen LogP) is 2.19. The number of methoxy groups -OCH3 is 1. The minimum Gasteiger partial charge on any atom is -0.377 e. The number of rotatable bonds is 1. The number of nitrogens with zero attached hydrogens (tertiary/aromatic N) is 1. The van der Waals surface area contributed by atoms with E-state index in [9.17, 15) is 0 Å². The largest absolute Gasteiger partial charge is 0.377 e. The van der Waals surface area contributed by atoms with Crippen LogP contribution >= 0.6 is 0 Å². The van der Waals surface area contributed by atoms with Crippen LogP contribution in [0.3, 0.4) is 0 Å². The van der Waals surface area contributed by atoms with Crippen LogP contribution in [-0.4, -0.2) is 7.11 Å². The standard InChI is InChI=1S/C11H11NO/c1-13-11-5-3-9-6-8(7-12)2-4-10(9)11/h2,4,6,11H,3,5H2,1H3. The first-order chi connectivity index (χ1) is 6.35. The molecule has 1 atom stereocenters. The monoisotopic (exact) mass is 173 g/mol. The average Bonchev–Trinajstić information content (AvgIpc) is 2.59. The molecule has 66 valence electrons. The minimum atomic E-state index is 0.239. The van der Waals surface area contributed by atoms with Crippen LogP contribution in [0.2, 0.25) is 0 Å². The molecule has 1 aromatic rings. The fourth-order valence-electron chi connectivity index (χ4n) is 1.89. The highest BCUT2D eigenvalue weighted by molar-refractivity contribution is 5.41. The van der Waals surface area contributed by atoms with Gasteiger partial charge in [0.25, 0.3) is 0 Å². The molecule has 0 aromatic heterocycles. The van der Waals surface area contributed by atoms with E-state index in [4.69, 9.17) is 10.00 Å². The Labute approximate surface area is 77.8 Å². The van der Waals surface area contributed by atoms with E-state index in [-0.39, 0.29) is 6.10 Å². The maximum absolute atomic E-state index is 8.71. The molecular formula is C11H11NO. The third-order valence-corrected chi connectivity index (χ3v) is 2.58. The Balaban J connectivity index is 2.41. The molecule has 1 unspecified atom stereocenters. The van der Waals surface area contributed by atoms with Gasteiger partial charge in [-0.1, -0.05) is 6.07 Å². The molecule has 0 N–H and O–H groups in total. The Morgan fingerprint density at radius 3 is 3.08 bits per heavy atom. The van der Waals surface area contributed by atoms with Gasteiger partial charge in [-0.2, -0.15) is 5.26 Å². The van der Waals surface area contributed by atoms with Crippen molar-refractivity contribution in [3.05, 3.63) is 34.9 Å². The van der Waals surface area contributed by atoms with Crippen molar-refractivity contribution in [2.45, 2.75) is 18.9 Å². The van der Waals surface area contributed by atoms with Gasteiger partial charge in [0.05, 0.1) is 17.7 Å². The lowest BCUT2D eigenvalue weighted by Gasteiger charge is -2.08. The van der Waals surface area contributed by atoms with Gasteiger partial charge in [-0.15, -0.1) is 0 Å². The quantitative estimate of drug-likeness (QED) is 0.652. The molecule has 0 bridgehead atoms. The van der Waals surface area contributed by atoms with Crippen LogP contribution < -0.4 is 0 Å². The third kappa shape index (κ3) is 1.32. The highest BCUT2D eigenvalue weighted by atomic mass is 16.5. The van der Waals surface area contributed by atoms with E-state index in [0.29, 0.717) is 0 Å². The van der Waals surface area contributed by atoms with Gasteiger partial charge in [0.1, 0.15) is 0 Å². The molecule has 0 heterocycles. The van der Waals surface area contributed by atoms with Crippen molar-refractivity contribution in [2.24, 2.45) is 0 Å². The third-order valence-electron chi connectivity index (χ3n) is 2.58. The number of nitriles is 1. The Bertz CT molecular complexity index is 365. The average molecular weight is 173 g/mol. The predicted molar refractivity (Wildman–Crippen MR) is 49.2 cm³/mol. The van der Waals surface area contributed by atoms with E-state index in [1.54, 1.807) is 7.11 Å². The number of hydrogen-bond acceptors (Lipinski definition) is 2. The van der Waals surface area contributed by atoms with Crippen LogP contribution in [0.4, 0.5) is 0 Å². The molecule has 2 heteroatoms. The summed E-state index contributed by atoms with van der Waals surface area (Å²) >= 11 is 0. The number of ether oxygens (including phenoxy) is 1. The molecular weight excluding hydrogens is 162 g/mol. The summed E-state index contributed by atoms with van der Waals surface area (Å²) in [6.07, 6.45) is 2.31. The molecule has 0 spiro atoms. The summed E-state index contributed by atoms with van der Waals surface area (Å²) in [5, 5.41) is 8.71. The molecule has 0 saturated heterocycles. The van der Waals surface area contributed by atoms with E-state index in [1.165, 1.54) is 11.1 Å². The van der Waals surface area contributed by atoms with Crippen LogP contribution in [0.15, 0.2) is 18.2 Å². The van der Waals surface area contributed by atoms with Crippen LogP contribution in [-0.2, 0) is 11.2 Å². The number of hydrogen-bond donors (Lipinski definition) is 0. The van der Waals surface area contributed by atoms with Crippen molar-refractivity contribution in [2.75, 3.05) is 7.11 Å². The minimum absolute atomic E-state index is 0.239. The SMILES string of the molecule is COC1CCc2cc(C#N)ccc21. The summed E-state index contributed by atoms with van der Waals surface area (Å²) < 4.78 is 5.33. The van der Waals surface area contributed by atoms with Gasteiger partial charge >= 0.3 is 0 Å². The Hall–Kier alpha value is -1.33. The fraction of sp³-hybridized carbons (Fsp3) is 0.364. The van der Waals surface area contributed by atoms with Gasteiger partial charge in [0.2, 0.25) is 0 Å². The summed E-state index contributed by atoms with van der Waals surface area (Å²) in [7, 11) is 1.73. The first-order valence-corrected chi connectivity index (χ1v) is 4.41. The normalized spacial score (nSPS) is 19.5. The molecule has 1 aromatic carbocycles. The lowest BCUT2D eigenvalue weighted by molar-refractivity contribution is 0.105. The number of aryl methyl sites for hydroxylation is 1. The zero-order chi connectivity index (χ0) is 9.26. The molecule has 0 aliphatic heterocycles. The van der Waals surface area contributed by atoms with Gasteiger partial charge in [0.15, 0.2) is 0 Å². The molecule has 13 heavy (non-hydrogen) atoms. The summed E-state index contributed by atoms with van der Waals surface area (Å²) in [4.78, 5) is 0. The maximum atomic E-state index is 8.71. The van der Waals surface area contributed by atoms with Crippen molar-refractivity contribution >= 4 is 0 Å². The zero-order valence-corrected chi connectivity index (χ0v) is 7.58. The first kappa shape index (κ1) is 8.28. The van der Waals surface area contributed by atoms with Crippen LogP contribution in [0, 0.1) is 11.3 Å². The highest BCUT2D eigenvalue weighted by Gasteiger charge is 2.21. The molecule has 0 saturated carbocycles. The van der Waals surface area contributed by atoms with E-state index in [1.807, 2.05) is 18.2 Å². The summed E-state index contributed by atoms with van der Waals surface area (Å²) in [6, 6.07) is 7.98. The number of fused-ring (bicyclic) bond motifs is 1. The summed E-state index contributed by atoms with van der Waals surface area (Å²) in [5.41, 5.74) is 3.27. The topological polar surface area (TPSA) is 33.0 Å². The second-order valence-corrected chi connectivity index (χ2v) is 3.29. The Kier molecular flexibility index (Phi) is 2.03. The van der Waals surface area contributed by atoms with E-state index in [0.717, 1.165) is 18.4 Å². The van der Waals surface area contributed by atoms with E-state index >= 15 is 0 Å². The first-order valence-electron chi connectivity index (χ1n) is 4.41. The van der Waals surface area contributed by atoms with Crippen LogP contribution in [0.5, 0.6) is 0 Å². The van der Waals surface area contributed by atoms with E-state index in [2.05, 4.69) is 6.07 Å². The van der Waals surface area contributed by atoms with Crippen molar-refractivity contribution < 1.29 is 4.74 Å². The van der Waals surface area contributed by atoms with Gasteiger partial charge in [-0.3, -0.25) is 0 Å². The molecule has 0 fully saturated rings. The smallest absolute Gasteiger partial charge is 0.0991 e. The molecule has 1 aliphatic carbocycles. The lowest BCUT2D eigenvalue weighted by atomic mass is 10.1. The van der Waals surface area contributed by atoms with Crippen LogP contribution in [0.25, 0.3) is 0 Å². The van der Waals surface area contributed by atoms with Gasteiger partial charge < -0.3 is 4.74 Å². The van der Waals surface area contributed by atoms with Crippen molar-refractivity contribution in [1.29, 1.82) is 5.26 Å². The van der Waals surface area contributed by atoms with Crippen molar-refractivity contribution in [1.82, 2.24) is 0 Å². The van der Waals surface area contributed by atoms with Crippen LogP contribution in [0.1, 0.15) is 29.2 Å². The van der Waals surface area contributed by atoms with Crippen molar-refractivity contribution in [3.8, 4) is 6.07 Å². The second kappa shape index (κ2) is 3.20. The zero-order valence-electron chi connectivity index (χ0n) is 7.58. The Morgan fingerprint density at radius 2 is 2.38 bits per heavy atom. The lowest BCUT2D eigenvalue weighted by Crippen LogP contribution is -1.95. The summed E-state index contributed by atoms with van der Waals surface area (Å²) in [6.45, 7) is 0. The second-order valence-electron chi connectivity index (χ2n) is 3.29. The van der Waals surface area contributed by atoms with Gasteiger partial charge in [-0.25, -0.2) is 0 Å². The van der Waals surface area contributed by atoms with E-state index < -0.39 is 0 Å². The van der Waals surface area contributed by atoms with Gasteiger partial charge in [0, 0.05) is 7.11 Å². The van der Waals surface area contributed by atoms with Gasteiger partial charge in [-0.05, 0) is 36.1 Å². The highest BCUT2D eigenvalue weighted by Crippen LogP contribution is 2.33. The molecule has 0 radical (unpaired) electrons. The molecule has 0 amide bonds. The molecule has 2 nitrogen and oxygen atoms in total. The molecule has 1 aliphatic rings. The maximum Gasteiger partial charge on any atom is 0.0991 e. The fourth-order valence-corrected chi connectivity index (χ4v) is 1.89.